The van der Waals surface area contributed by atoms with Crippen molar-refractivity contribution in [2.24, 2.45) is 0 Å². The third kappa shape index (κ3) is 4.13. The molecule has 6 nitrogen and oxygen atoms in total. The molecule has 0 unspecified atom stereocenters. The van der Waals surface area contributed by atoms with E-state index in [4.69, 9.17) is 4.74 Å². The van der Waals surface area contributed by atoms with Gasteiger partial charge in [0.1, 0.15) is 6.04 Å². The van der Waals surface area contributed by atoms with Gasteiger partial charge in [-0.3, -0.25) is 14.5 Å². The number of amides is 2. The number of hydrogen-bond donors (Lipinski definition) is 2. The molecule has 2 aliphatic heterocycles. The molecule has 0 aromatic heterocycles. The number of hydrogen-bond acceptors (Lipinski definition) is 4. The molecule has 2 saturated heterocycles. The van der Waals surface area contributed by atoms with E-state index in [0.717, 1.165) is 26.3 Å². The monoisotopic (exact) mass is 331 g/mol. The molecule has 2 aliphatic rings. The first-order valence-electron chi connectivity index (χ1n) is 8.59. The van der Waals surface area contributed by atoms with Gasteiger partial charge in [-0.25, -0.2) is 0 Å². The highest BCUT2D eigenvalue weighted by Gasteiger charge is 2.29. The third-order valence-electron chi connectivity index (χ3n) is 4.69. The Morgan fingerprint density at radius 3 is 2.88 bits per heavy atom. The highest BCUT2D eigenvalue weighted by Crippen LogP contribution is 2.22. The van der Waals surface area contributed by atoms with Crippen molar-refractivity contribution >= 4 is 11.8 Å². The van der Waals surface area contributed by atoms with Crippen molar-refractivity contribution in [3.63, 3.8) is 0 Å². The number of aryl methyl sites for hydroxylation is 1. The number of carbonyl (C=O) groups is 2. The van der Waals surface area contributed by atoms with Gasteiger partial charge in [-0.05, 0) is 18.9 Å². The Labute approximate surface area is 142 Å². The molecule has 6 heteroatoms. The smallest absolute Gasteiger partial charge is 0.242 e. The van der Waals surface area contributed by atoms with Crippen molar-refractivity contribution in [1.29, 1.82) is 0 Å². The molecule has 2 atom stereocenters. The molecule has 130 valence electrons. The molecule has 1 aromatic carbocycles. The molecular formula is C18H25N3O3. The van der Waals surface area contributed by atoms with E-state index in [1.807, 2.05) is 0 Å². The summed E-state index contributed by atoms with van der Waals surface area (Å²) in [5.74, 6) is -0.134. The van der Waals surface area contributed by atoms with Gasteiger partial charge in [-0.1, -0.05) is 29.8 Å². The third-order valence-corrected chi connectivity index (χ3v) is 4.69. The van der Waals surface area contributed by atoms with E-state index in [-0.39, 0.29) is 23.9 Å². The summed E-state index contributed by atoms with van der Waals surface area (Å²) in [6.45, 7) is 5.76. The molecule has 0 bridgehead atoms. The Morgan fingerprint density at radius 1 is 1.42 bits per heavy atom. The Balaban J connectivity index is 1.67. The zero-order valence-corrected chi connectivity index (χ0v) is 14.1. The summed E-state index contributed by atoms with van der Waals surface area (Å²) in [6, 6.07) is 8.14. The molecule has 0 aliphatic carbocycles. The van der Waals surface area contributed by atoms with Crippen molar-refractivity contribution in [3.05, 3.63) is 35.4 Å². The van der Waals surface area contributed by atoms with Crippen LogP contribution in [0.3, 0.4) is 0 Å². The van der Waals surface area contributed by atoms with E-state index in [1.54, 1.807) is 0 Å². The summed E-state index contributed by atoms with van der Waals surface area (Å²) >= 11 is 0. The first-order valence-corrected chi connectivity index (χ1v) is 8.59. The lowest BCUT2D eigenvalue weighted by Crippen LogP contribution is -2.47. The number of ether oxygens (including phenoxy) is 1. The van der Waals surface area contributed by atoms with Gasteiger partial charge in [0.2, 0.25) is 11.8 Å². The largest absolute Gasteiger partial charge is 0.379 e. The molecule has 0 spiro atoms. The zero-order valence-electron chi connectivity index (χ0n) is 14.1. The van der Waals surface area contributed by atoms with Crippen LogP contribution in [0, 0.1) is 6.92 Å². The number of rotatable bonds is 5. The number of carbonyl (C=O) groups excluding carboxylic acids is 2. The number of benzene rings is 1. The van der Waals surface area contributed by atoms with E-state index < -0.39 is 0 Å². The second-order valence-corrected chi connectivity index (χ2v) is 6.48. The first-order chi connectivity index (χ1) is 11.6. The minimum Gasteiger partial charge on any atom is -0.379 e. The van der Waals surface area contributed by atoms with E-state index in [2.05, 4.69) is 46.7 Å². The standard InChI is InChI=1S/C18H25N3O3/c1-13-3-2-4-14(11-13)16(21-7-9-24-10-8-21)12-19-18(23)15-5-6-17(22)20-15/h2-4,11,15-16H,5-10,12H2,1H3,(H,19,23)(H,20,22)/t15-,16+/m0/s1. The van der Waals surface area contributed by atoms with Crippen molar-refractivity contribution in [2.75, 3.05) is 32.8 Å². The van der Waals surface area contributed by atoms with Crippen LogP contribution in [0.2, 0.25) is 0 Å². The fraction of sp³-hybridized carbons (Fsp3) is 0.556. The minimum atomic E-state index is -0.389. The first kappa shape index (κ1) is 16.9. The van der Waals surface area contributed by atoms with Crippen molar-refractivity contribution in [2.45, 2.75) is 31.8 Å². The predicted molar refractivity (Wildman–Crippen MR) is 90.5 cm³/mol. The summed E-state index contributed by atoms with van der Waals surface area (Å²) in [4.78, 5) is 25.9. The average molecular weight is 331 g/mol. The maximum Gasteiger partial charge on any atom is 0.242 e. The normalized spacial score (nSPS) is 22.9. The van der Waals surface area contributed by atoms with Crippen LogP contribution >= 0.6 is 0 Å². The van der Waals surface area contributed by atoms with Gasteiger partial charge in [0.05, 0.1) is 19.3 Å². The Bertz CT molecular complexity index is 599. The molecule has 24 heavy (non-hydrogen) atoms. The van der Waals surface area contributed by atoms with Crippen LogP contribution in [-0.4, -0.2) is 55.6 Å². The van der Waals surface area contributed by atoms with Gasteiger partial charge in [0.15, 0.2) is 0 Å². The fourth-order valence-corrected chi connectivity index (χ4v) is 3.36. The van der Waals surface area contributed by atoms with Gasteiger partial charge in [0.25, 0.3) is 0 Å². The summed E-state index contributed by atoms with van der Waals surface area (Å²) in [7, 11) is 0. The number of nitrogens with one attached hydrogen (secondary N) is 2. The van der Waals surface area contributed by atoms with E-state index in [0.29, 0.717) is 19.4 Å². The quantitative estimate of drug-likeness (QED) is 0.836. The van der Waals surface area contributed by atoms with Crippen molar-refractivity contribution in [3.8, 4) is 0 Å². The molecule has 3 rings (SSSR count). The van der Waals surface area contributed by atoms with Crippen LogP contribution < -0.4 is 10.6 Å². The Kier molecular flexibility index (Phi) is 5.48. The number of nitrogens with zero attached hydrogens (tertiary/aromatic N) is 1. The summed E-state index contributed by atoms with van der Waals surface area (Å²) in [5.41, 5.74) is 2.41. The van der Waals surface area contributed by atoms with Gasteiger partial charge in [-0.15, -0.1) is 0 Å². The highest BCUT2D eigenvalue weighted by molar-refractivity contribution is 5.90. The van der Waals surface area contributed by atoms with Gasteiger partial charge >= 0.3 is 0 Å². The molecular weight excluding hydrogens is 306 g/mol. The van der Waals surface area contributed by atoms with E-state index in [1.165, 1.54) is 11.1 Å². The Morgan fingerprint density at radius 2 is 2.21 bits per heavy atom. The second kappa shape index (κ2) is 7.77. The van der Waals surface area contributed by atoms with Crippen molar-refractivity contribution < 1.29 is 14.3 Å². The SMILES string of the molecule is Cc1cccc([C@@H](CNC(=O)[C@@H]2CCC(=O)N2)N2CCOCC2)c1. The fourth-order valence-electron chi connectivity index (χ4n) is 3.36. The van der Waals surface area contributed by atoms with E-state index >= 15 is 0 Å². The summed E-state index contributed by atoms with van der Waals surface area (Å²) in [6.07, 6.45) is 1.01. The highest BCUT2D eigenvalue weighted by atomic mass is 16.5. The maximum atomic E-state index is 12.3. The lowest BCUT2D eigenvalue weighted by Gasteiger charge is -2.35. The molecule has 2 amide bonds. The van der Waals surface area contributed by atoms with Gasteiger partial charge in [0, 0.05) is 26.1 Å². The minimum absolute atomic E-state index is 0.0430. The van der Waals surface area contributed by atoms with Crippen LogP contribution in [0.25, 0.3) is 0 Å². The van der Waals surface area contributed by atoms with E-state index in [9.17, 15) is 9.59 Å². The molecule has 0 radical (unpaired) electrons. The van der Waals surface area contributed by atoms with Crippen molar-refractivity contribution in [1.82, 2.24) is 15.5 Å². The lowest BCUT2D eigenvalue weighted by molar-refractivity contribution is -0.126. The Hall–Kier alpha value is -1.92. The summed E-state index contributed by atoms with van der Waals surface area (Å²) in [5, 5.41) is 5.75. The second-order valence-electron chi connectivity index (χ2n) is 6.48. The van der Waals surface area contributed by atoms with Gasteiger partial charge < -0.3 is 15.4 Å². The van der Waals surface area contributed by atoms with Crippen LogP contribution in [0.5, 0.6) is 0 Å². The zero-order chi connectivity index (χ0) is 16.9. The molecule has 1 aromatic rings. The summed E-state index contributed by atoms with van der Waals surface area (Å²) < 4.78 is 5.45. The van der Waals surface area contributed by atoms with Crippen LogP contribution in [0.1, 0.15) is 30.0 Å². The molecule has 0 saturated carbocycles. The molecule has 2 heterocycles. The lowest BCUT2D eigenvalue weighted by atomic mass is 10.0. The maximum absolute atomic E-state index is 12.3. The molecule has 2 N–H and O–H groups in total. The predicted octanol–water partition coefficient (Wildman–Crippen LogP) is 0.763. The topological polar surface area (TPSA) is 70.7 Å². The molecule has 2 fully saturated rings. The van der Waals surface area contributed by atoms with Crippen LogP contribution in [0.15, 0.2) is 24.3 Å². The number of morpholine rings is 1. The van der Waals surface area contributed by atoms with Crippen LogP contribution in [0.4, 0.5) is 0 Å². The van der Waals surface area contributed by atoms with Crippen LogP contribution in [-0.2, 0) is 14.3 Å². The van der Waals surface area contributed by atoms with Gasteiger partial charge in [-0.2, -0.15) is 0 Å². The average Bonchev–Trinajstić information content (AvgIpc) is 3.02.